The van der Waals surface area contributed by atoms with E-state index in [0.717, 1.165) is 0 Å². The summed E-state index contributed by atoms with van der Waals surface area (Å²) in [5.74, 6) is 18.4. The quantitative estimate of drug-likeness (QED) is 0.213. The molecule has 19 heterocycles. The van der Waals surface area contributed by atoms with Crippen molar-refractivity contribution in [3.8, 4) is 70.0 Å². The molecule has 22 rings (SSSR count). The highest BCUT2D eigenvalue weighted by molar-refractivity contribution is 6.08. The molecule has 3 aromatic heterocycles. The van der Waals surface area contributed by atoms with Crippen LogP contribution in [0, 0.1) is 35.5 Å². The number of rotatable bonds is 6. The summed E-state index contributed by atoms with van der Waals surface area (Å²) in [7, 11) is 13.4. The van der Waals surface area contributed by atoms with E-state index >= 15 is 0 Å². The zero-order valence-corrected chi connectivity index (χ0v) is 37.1. The lowest BCUT2D eigenvalue weighted by Crippen LogP contribution is -2.26. The predicted octanol–water partition coefficient (Wildman–Crippen LogP) is 4.45. The molecule has 0 unspecified atom stereocenters. The second-order valence-electron chi connectivity index (χ2n) is 13.9. The normalized spacial score (nSPS) is 12.3. The van der Waals surface area contributed by atoms with Crippen LogP contribution in [0.2, 0.25) is 0 Å². The highest BCUT2D eigenvalue weighted by Gasteiger charge is 2.23. The van der Waals surface area contributed by atoms with Gasteiger partial charge in [-0.25, -0.2) is 29.9 Å². The maximum Gasteiger partial charge on any atom is 0.258 e. The summed E-state index contributed by atoms with van der Waals surface area (Å²) in [6.45, 7) is 0. The minimum atomic E-state index is -0.421. The molecule has 16 aliphatic heterocycles. The lowest BCUT2D eigenvalue weighted by Gasteiger charge is -2.18. The second-order valence-corrected chi connectivity index (χ2v) is 13.9. The number of ether oxygens (including phenoxy) is 6. The topological polar surface area (TPSA) is 194 Å². The molecular formula is C48H39N9O9. The first-order chi connectivity index (χ1) is 31.9. The molecule has 0 saturated heterocycles. The third kappa shape index (κ3) is 9.13. The lowest BCUT2D eigenvalue weighted by molar-refractivity contribution is 0.0984. The van der Waals surface area contributed by atoms with Crippen LogP contribution in [0.3, 0.4) is 0 Å². The number of anilines is 3. The zero-order chi connectivity index (χ0) is 47.1. The van der Waals surface area contributed by atoms with Crippen molar-refractivity contribution >= 4 is 34.8 Å². The van der Waals surface area contributed by atoms with E-state index in [-0.39, 0.29) is 68.7 Å². The fourth-order valence-electron chi connectivity index (χ4n) is 6.44. The molecule has 0 spiro atoms. The Balaban J connectivity index is 1.31. The molecule has 18 heteroatoms. The molecule has 0 aliphatic carbocycles. The Bertz CT molecular complexity index is 2670. The monoisotopic (exact) mass is 885 g/mol. The highest BCUT2D eigenvalue weighted by atomic mass is 16.5. The van der Waals surface area contributed by atoms with Gasteiger partial charge in [0.15, 0.2) is 0 Å². The van der Waals surface area contributed by atoms with Crippen LogP contribution < -0.4 is 43.1 Å². The van der Waals surface area contributed by atoms with Gasteiger partial charge < -0.3 is 43.1 Å². The van der Waals surface area contributed by atoms with Crippen LogP contribution >= 0.6 is 0 Å². The number of hydrogen-bond acceptors (Lipinski definition) is 15. The van der Waals surface area contributed by atoms with E-state index in [0.29, 0.717) is 33.8 Å². The summed E-state index contributed by atoms with van der Waals surface area (Å²) in [5.41, 5.74) is 2.84. The fraction of sp³-hybridized carbons (Fsp3) is 0.188. The van der Waals surface area contributed by atoms with Crippen molar-refractivity contribution in [1.82, 2.24) is 29.9 Å². The summed E-state index contributed by atoms with van der Waals surface area (Å²) in [6.07, 6.45) is 8.73. The van der Waals surface area contributed by atoms with E-state index in [4.69, 9.17) is 28.4 Å². The Morgan fingerprint density at radius 1 is 0.348 bits per heavy atom. The molecule has 330 valence electrons. The van der Waals surface area contributed by atoms with Crippen molar-refractivity contribution in [3.05, 3.63) is 124 Å². The Labute approximate surface area is 379 Å². The van der Waals surface area contributed by atoms with Crippen molar-refractivity contribution < 1.29 is 42.8 Å². The van der Waals surface area contributed by atoms with Gasteiger partial charge in [-0.3, -0.25) is 14.4 Å². The first-order valence-electron chi connectivity index (χ1n) is 19.6. The third-order valence-corrected chi connectivity index (χ3v) is 10.1. The molecule has 0 fully saturated rings. The maximum atomic E-state index is 13.8. The average molecular weight is 886 g/mol. The van der Waals surface area contributed by atoms with Crippen LogP contribution in [0.25, 0.3) is 0 Å². The molecule has 3 amide bonds. The number of benzene rings is 3. The highest BCUT2D eigenvalue weighted by Crippen LogP contribution is 2.34. The maximum absolute atomic E-state index is 13.8. The third-order valence-electron chi connectivity index (χ3n) is 10.1. The standard InChI is InChI=1S/C48H39N9O9/c1-55-31-22-49-43(50-23-31)13-10-35-39(63-6)18-29(19-40(35)64-7)47(59)57(3)33-26-53-45(54-27-33)15-12-36-41(65-8)20-30(21-42(36)66-9)48(60)56(2)32-24-51-44(52-25-32)14-11-34-37(61-4)16-28(46(55)58)17-38(34)62-5/h16-27H,1-9H3. The van der Waals surface area contributed by atoms with Gasteiger partial charge in [-0.1, -0.05) is 17.8 Å². The van der Waals surface area contributed by atoms with Crippen molar-refractivity contribution in [2.45, 2.75) is 0 Å². The zero-order valence-electron chi connectivity index (χ0n) is 37.1. The van der Waals surface area contributed by atoms with E-state index in [1.54, 1.807) is 21.1 Å². The van der Waals surface area contributed by atoms with E-state index in [9.17, 15) is 14.4 Å². The van der Waals surface area contributed by atoms with Crippen molar-refractivity contribution in [2.75, 3.05) is 78.5 Å². The summed E-state index contributed by atoms with van der Waals surface area (Å²) in [6, 6.07) is 9.23. The van der Waals surface area contributed by atoms with Gasteiger partial charge in [-0.15, -0.1) is 0 Å². The van der Waals surface area contributed by atoms with Crippen molar-refractivity contribution in [2.24, 2.45) is 0 Å². The number of carbonyl (C=O) groups is 3. The molecular weight excluding hydrogens is 847 g/mol. The van der Waals surface area contributed by atoms with Gasteiger partial charge in [-0.05, 0) is 54.2 Å². The van der Waals surface area contributed by atoms with E-state index in [1.165, 1.54) is 131 Å². The summed E-state index contributed by atoms with van der Waals surface area (Å²) in [5, 5.41) is 0. The number of carbonyl (C=O) groups excluding carboxylic acids is 3. The minimum Gasteiger partial charge on any atom is -0.495 e. The Hall–Kier alpha value is -9.21. The Kier molecular flexibility index (Phi) is 13.2. The number of aromatic nitrogens is 6. The van der Waals surface area contributed by atoms with Crippen molar-refractivity contribution in [3.63, 3.8) is 0 Å². The van der Waals surface area contributed by atoms with E-state index < -0.39 is 17.7 Å². The smallest absolute Gasteiger partial charge is 0.258 e. The summed E-state index contributed by atoms with van der Waals surface area (Å²) < 4.78 is 33.8. The van der Waals surface area contributed by atoms with E-state index in [2.05, 4.69) is 65.4 Å². The number of nitrogens with zero attached hydrogens (tertiary/aromatic N) is 9. The van der Waals surface area contributed by atoms with Crippen LogP contribution in [-0.4, -0.2) is 111 Å². The van der Waals surface area contributed by atoms with Gasteiger partial charge in [0, 0.05) is 37.8 Å². The Morgan fingerprint density at radius 3 is 0.727 bits per heavy atom. The van der Waals surface area contributed by atoms with Crippen LogP contribution in [0.1, 0.15) is 65.2 Å². The number of methoxy groups -OCH3 is 6. The summed E-state index contributed by atoms with van der Waals surface area (Å²) in [4.78, 5) is 71.6. The number of amides is 3. The van der Waals surface area contributed by atoms with Gasteiger partial charge in [0.05, 0.1) is 96.9 Å². The first kappa shape index (κ1) is 44.8. The SMILES string of the molecule is COc1cc2cc(OC)c1C#Cc1ncc(cn1)N(C)C(=O)c1cc(OC)c(c(OC)c1)C#Cc1ncc(cn1)N(C)C(=O)c1cc(OC)c(c(OC)c1)C#Cc1ncc(cn1)N(C)C2=O. The molecule has 12 bridgehead atoms. The molecule has 0 N–H and O–H groups in total. The second kappa shape index (κ2) is 19.5. The molecule has 0 saturated carbocycles. The predicted molar refractivity (Wildman–Crippen MR) is 241 cm³/mol. The van der Waals surface area contributed by atoms with Crippen LogP contribution in [0.15, 0.2) is 73.6 Å². The molecule has 16 aliphatic rings. The lowest BCUT2D eigenvalue weighted by atomic mass is 10.1. The minimum absolute atomic E-state index is 0.140. The average Bonchev–Trinajstić information content (AvgIpc) is 3.36. The number of hydrogen-bond donors (Lipinski definition) is 0. The van der Waals surface area contributed by atoms with Crippen LogP contribution in [0.4, 0.5) is 17.1 Å². The van der Waals surface area contributed by atoms with Gasteiger partial charge in [-0.2, -0.15) is 0 Å². The van der Waals surface area contributed by atoms with Gasteiger partial charge in [0.25, 0.3) is 17.7 Å². The summed E-state index contributed by atoms with van der Waals surface area (Å²) >= 11 is 0. The largest absolute Gasteiger partial charge is 0.495 e. The van der Waals surface area contributed by atoms with Gasteiger partial charge in [0.2, 0.25) is 17.5 Å². The molecule has 66 heavy (non-hydrogen) atoms. The Morgan fingerprint density at radius 2 is 0.545 bits per heavy atom. The molecule has 18 nitrogen and oxygen atoms in total. The molecule has 0 atom stereocenters. The van der Waals surface area contributed by atoms with Crippen LogP contribution in [-0.2, 0) is 0 Å². The first-order valence-corrected chi connectivity index (χ1v) is 19.6. The van der Waals surface area contributed by atoms with E-state index in [1.807, 2.05) is 0 Å². The van der Waals surface area contributed by atoms with Crippen LogP contribution in [0.5, 0.6) is 34.5 Å². The fourth-order valence-corrected chi connectivity index (χ4v) is 6.44. The van der Waals surface area contributed by atoms with Gasteiger partial charge >= 0.3 is 0 Å². The molecule has 6 aromatic rings. The molecule has 0 radical (unpaired) electrons. The van der Waals surface area contributed by atoms with Crippen molar-refractivity contribution in [1.29, 1.82) is 0 Å². The van der Waals surface area contributed by atoms with Gasteiger partial charge in [0.1, 0.15) is 51.2 Å². The molecule has 3 aromatic carbocycles.